The molecule has 21 heavy (non-hydrogen) atoms. The first-order chi connectivity index (χ1) is 9.56. The summed E-state index contributed by atoms with van der Waals surface area (Å²) in [4.78, 5) is 4.52. The van der Waals surface area contributed by atoms with Gasteiger partial charge in [0.15, 0.2) is 17.5 Å². The predicted octanol–water partition coefficient (Wildman–Crippen LogP) is 2.52. The second kappa shape index (κ2) is 10.5. The molecule has 0 fully saturated rings. The molecule has 5 nitrogen and oxygen atoms in total. The van der Waals surface area contributed by atoms with Gasteiger partial charge in [0.25, 0.3) is 0 Å². The van der Waals surface area contributed by atoms with Crippen LogP contribution in [0.1, 0.15) is 26.3 Å². The molecule has 0 amide bonds. The van der Waals surface area contributed by atoms with E-state index in [0.29, 0.717) is 18.3 Å². The van der Waals surface area contributed by atoms with E-state index in [0.717, 1.165) is 24.5 Å². The van der Waals surface area contributed by atoms with Crippen molar-refractivity contribution in [3.8, 4) is 11.5 Å². The highest BCUT2D eigenvalue weighted by atomic mass is 127. The summed E-state index contributed by atoms with van der Waals surface area (Å²) in [7, 11) is 1.55. The van der Waals surface area contributed by atoms with E-state index < -0.39 is 0 Å². The second-order valence-electron chi connectivity index (χ2n) is 4.82. The van der Waals surface area contributed by atoms with Crippen LogP contribution in [-0.4, -0.2) is 37.3 Å². The maximum atomic E-state index is 9.55. The number of methoxy groups -OCH3 is 1. The van der Waals surface area contributed by atoms with E-state index >= 15 is 0 Å². The van der Waals surface area contributed by atoms with Gasteiger partial charge in [-0.2, -0.15) is 0 Å². The van der Waals surface area contributed by atoms with Crippen LogP contribution in [0.15, 0.2) is 23.2 Å². The third-order valence-corrected chi connectivity index (χ3v) is 2.68. The summed E-state index contributed by atoms with van der Waals surface area (Å²) < 4.78 is 5.09. The lowest BCUT2D eigenvalue weighted by Crippen LogP contribution is -2.41. The fourth-order valence-corrected chi connectivity index (χ4v) is 1.77. The third-order valence-electron chi connectivity index (χ3n) is 2.68. The number of halogens is 1. The number of phenols is 1. The molecule has 0 aromatic heterocycles. The minimum Gasteiger partial charge on any atom is -0.504 e. The molecule has 120 valence electrons. The highest BCUT2D eigenvalue weighted by molar-refractivity contribution is 14.0. The zero-order valence-corrected chi connectivity index (χ0v) is 15.5. The van der Waals surface area contributed by atoms with Gasteiger partial charge >= 0.3 is 0 Å². The third kappa shape index (κ3) is 7.40. The quantitative estimate of drug-likeness (QED) is 0.385. The van der Waals surface area contributed by atoms with Crippen LogP contribution in [0.5, 0.6) is 11.5 Å². The van der Waals surface area contributed by atoms with Crippen molar-refractivity contribution >= 4 is 29.9 Å². The summed E-state index contributed by atoms with van der Waals surface area (Å²) in [6.45, 7) is 7.72. The Morgan fingerprint density at radius 1 is 1.38 bits per heavy atom. The molecule has 0 bridgehead atoms. The van der Waals surface area contributed by atoms with Gasteiger partial charge in [-0.25, -0.2) is 0 Å². The Bertz CT molecular complexity index is 451. The maximum absolute atomic E-state index is 9.55. The van der Waals surface area contributed by atoms with Crippen molar-refractivity contribution in [1.82, 2.24) is 10.6 Å². The van der Waals surface area contributed by atoms with E-state index in [9.17, 15) is 5.11 Å². The molecule has 1 rings (SSSR count). The summed E-state index contributed by atoms with van der Waals surface area (Å²) in [6, 6.07) is 5.72. The Balaban J connectivity index is 0.00000400. The SMILES string of the molecule is CCNC(=NCCc1ccc(O)c(OC)c1)NC(C)C.I. The number of rotatable bonds is 6. The number of hydrogen-bond acceptors (Lipinski definition) is 3. The van der Waals surface area contributed by atoms with Crippen molar-refractivity contribution in [2.45, 2.75) is 33.2 Å². The monoisotopic (exact) mass is 407 g/mol. The molecule has 0 saturated heterocycles. The van der Waals surface area contributed by atoms with E-state index in [1.54, 1.807) is 13.2 Å². The van der Waals surface area contributed by atoms with Gasteiger partial charge in [0.1, 0.15) is 0 Å². The largest absolute Gasteiger partial charge is 0.504 e. The molecule has 0 heterocycles. The Morgan fingerprint density at radius 2 is 2.10 bits per heavy atom. The first-order valence-electron chi connectivity index (χ1n) is 6.97. The van der Waals surface area contributed by atoms with Crippen LogP contribution in [0.4, 0.5) is 0 Å². The van der Waals surface area contributed by atoms with Gasteiger partial charge in [0.05, 0.1) is 7.11 Å². The highest BCUT2D eigenvalue weighted by Gasteiger charge is 2.03. The second-order valence-corrected chi connectivity index (χ2v) is 4.82. The van der Waals surface area contributed by atoms with Crippen LogP contribution in [0.2, 0.25) is 0 Å². The molecular formula is C15H26IN3O2. The molecular weight excluding hydrogens is 381 g/mol. The molecule has 0 radical (unpaired) electrons. The highest BCUT2D eigenvalue weighted by Crippen LogP contribution is 2.26. The molecule has 0 spiro atoms. The van der Waals surface area contributed by atoms with Crippen LogP contribution in [0.25, 0.3) is 0 Å². The number of ether oxygens (including phenoxy) is 1. The van der Waals surface area contributed by atoms with Crippen molar-refractivity contribution in [3.05, 3.63) is 23.8 Å². The van der Waals surface area contributed by atoms with Gasteiger partial charge in [-0.3, -0.25) is 4.99 Å². The van der Waals surface area contributed by atoms with E-state index in [1.165, 1.54) is 0 Å². The topological polar surface area (TPSA) is 65.9 Å². The molecule has 1 aromatic rings. The van der Waals surface area contributed by atoms with Gasteiger partial charge in [-0.05, 0) is 44.9 Å². The zero-order valence-electron chi connectivity index (χ0n) is 13.1. The molecule has 1 aromatic carbocycles. The van der Waals surface area contributed by atoms with Gasteiger partial charge < -0.3 is 20.5 Å². The predicted molar refractivity (Wildman–Crippen MR) is 98.0 cm³/mol. The molecule has 0 aliphatic rings. The molecule has 0 unspecified atom stereocenters. The summed E-state index contributed by atoms with van der Waals surface area (Å²) in [6.07, 6.45) is 0.797. The Hall–Kier alpha value is -1.18. The summed E-state index contributed by atoms with van der Waals surface area (Å²) in [5.41, 5.74) is 1.09. The lowest BCUT2D eigenvalue weighted by molar-refractivity contribution is 0.373. The van der Waals surface area contributed by atoms with E-state index in [1.807, 2.05) is 19.1 Å². The van der Waals surface area contributed by atoms with Gasteiger partial charge in [0.2, 0.25) is 0 Å². The van der Waals surface area contributed by atoms with Crippen molar-refractivity contribution in [1.29, 1.82) is 0 Å². The Kier molecular flexibility index (Phi) is 9.94. The average molecular weight is 407 g/mol. The number of nitrogens with one attached hydrogen (secondary N) is 2. The first kappa shape index (κ1) is 19.8. The van der Waals surface area contributed by atoms with Crippen molar-refractivity contribution in [3.63, 3.8) is 0 Å². The molecule has 3 N–H and O–H groups in total. The maximum Gasteiger partial charge on any atom is 0.191 e. The zero-order chi connectivity index (χ0) is 15.0. The van der Waals surface area contributed by atoms with E-state index in [2.05, 4.69) is 29.5 Å². The lowest BCUT2D eigenvalue weighted by Gasteiger charge is -2.14. The van der Waals surface area contributed by atoms with Crippen LogP contribution in [0, 0.1) is 0 Å². The smallest absolute Gasteiger partial charge is 0.191 e. The van der Waals surface area contributed by atoms with E-state index in [-0.39, 0.29) is 29.7 Å². The molecule has 0 aliphatic carbocycles. The number of benzene rings is 1. The van der Waals surface area contributed by atoms with Crippen molar-refractivity contribution < 1.29 is 9.84 Å². The Morgan fingerprint density at radius 3 is 2.67 bits per heavy atom. The van der Waals surface area contributed by atoms with Gasteiger partial charge in [0, 0.05) is 19.1 Å². The van der Waals surface area contributed by atoms with Crippen LogP contribution in [0.3, 0.4) is 0 Å². The van der Waals surface area contributed by atoms with Gasteiger partial charge in [-0.1, -0.05) is 6.07 Å². The van der Waals surface area contributed by atoms with Crippen LogP contribution >= 0.6 is 24.0 Å². The standard InChI is InChI=1S/C15H25N3O2.HI/c1-5-16-15(18-11(2)3)17-9-8-12-6-7-13(19)14(10-12)20-4;/h6-7,10-11,19H,5,8-9H2,1-4H3,(H2,16,17,18);1H. The lowest BCUT2D eigenvalue weighted by atomic mass is 10.1. The molecule has 6 heteroatoms. The number of guanidine groups is 1. The van der Waals surface area contributed by atoms with Gasteiger partial charge in [-0.15, -0.1) is 24.0 Å². The summed E-state index contributed by atoms with van der Waals surface area (Å²) in [5, 5.41) is 16.0. The number of hydrogen-bond donors (Lipinski definition) is 3. The summed E-state index contributed by atoms with van der Waals surface area (Å²) >= 11 is 0. The minimum absolute atomic E-state index is 0. The van der Waals surface area contributed by atoms with E-state index in [4.69, 9.17) is 4.74 Å². The normalized spacial score (nSPS) is 11.0. The molecule has 0 aliphatic heterocycles. The average Bonchev–Trinajstić information content (AvgIpc) is 2.40. The number of aliphatic imine (C=N–C) groups is 1. The van der Waals surface area contributed by atoms with Crippen molar-refractivity contribution in [2.75, 3.05) is 20.2 Å². The Labute approximate surface area is 144 Å². The van der Waals surface area contributed by atoms with Crippen LogP contribution in [-0.2, 0) is 6.42 Å². The first-order valence-corrected chi connectivity index (χ1v) is 6.97. The number of nitrogens with zero attached hydrogens (tertiary/aromatic N) is 1. The summed E-state index contributed by atoms with van der Waals surface area (Å²) in [5.74, 6) is 1.49. The van der Waals surface area contributed by atoms with Crippen molar-refractivity contribution in [2.24, 2.45) is 4.99 Å². The fourth-order valence-electron chi connectivity index (χ4n) is 1.77. The molecule has 0 saturated carbocycles. The molecule has 0 atom stereocenters. The number of aromatic hydroxyl groups is 1. The van der Waals surface area contributed by atoms with Crippen LogP contribution < -0.4 is 15.4 Å². The minimum atomic E-state index is 0. The fraction of sp³-hybridized carbons (Fsp3) is 0.533. The number of phenolic OH excluding ortho intramolecular Hbond substituents is 1.